The van der Waals surface area contributed by atoms with Crippen molar-refractivity contribution in [2.45, 2.75) is 0 Å². The highest BCUT2D eigenvalue weighted by molar-refractivity contribution is 5.99. The molecule has 18 heavy (non-hydrogen) atoms. The van der Waals surface area contributed by atoms with Gasteiger partial charge in [-0.25, -0.2) is 4.39 Å². The molecule has 0 atom stereocenters. The van der Waals surface area contributed by atoms with Crippen molar-refractivity contribution in [3.63, 3.8) is 0 Å². The van der Waals surface area contributed by atoms with E-state index in [1.54, 1.807) is 6.07 Å². The van der Waals surface area contributed by atoms with Gasteiger partial charge in [-0.15, -0.1) is 0 Å². The van der Waals surface area contributed by atoms with Gasteiger partial charge in [0.05, 0.1) is 11.8 Å². The quantitative estimate of drug-likeness (QED) is 0.376. The smallest absolute Gasteiger partial charge is 0.173 e. The van der Waals surface area contributed by atoms with Crippen molar-refractivity contribution in [2.75, 3.05) is 0 Å². The summed E-state index contributed by atoms with van der Waals surface area (Å²) in [6, 6.07) is 7.04. The number of nitrogens with two attached hydrogens (primary N) is 1. The van der Waals surface area contributed by atoms with Gasteiger partial charge in [0, 0.05) is 6.20 Å². The number of oxime groups is 1. The van der Waals surface area contributed by atoms with Crippen LogP contribution in [0.4, 0.5) is 4.39 Å². The van der Waals surface area contributed by atoms with E-state index in [0.717, 1.165) is 0 Å². The Labute approximate surface area is 102 Å². The third-order valence-corrected chi connectivity index (χ3v) is 2.21. The van der Waals surface area contributed by atoms with Gasteiger partial charge in [-0.3, -0.25) is 4.98 Å². The topological polar surface area (TPSA) is 80.7 Å². The molecule has 2 aromatic rings. The average Bonchev–Trinajstić information content (AvgIpc) is 2.41. The summed E-state index contributed by atoms with van der Waals surface area (Å²) in [5.41, 5.74) is 5.90. The highest BCUT2D eigenvalue weighted by Crippen LogP contribution is 2.24. The summed E-state index contributed by atoms with van der Waals surface area (Å²) < 4.78 is 18.2. The lowest BCUT2D eigenvalue weighted by Gasteiger charge is -2.09. The van der Waals surface area contributed by atoms with Gasteiger partial charge in [0.2, 0.25) is 0 Å². The summed E-state index contributed by atoms with van der Waals surface area (Å²) in [7, 11) is 0. The van der Waals surface area contributed by atoms with Crippen LogP contribution in [-0.2, 0) is 0 Å². The van der Waals surface area contributed by atoms with Crippen LogP contribution in [0, 0.1) is 5.82 Å². The Morgan fingerprint density at radius 2 is 2.00 bits per heavy atom. The highest BCUT2D eigenvalue weighted by atomic mass is 19.1. The standard InChI is InChI=1S/C12H10FN3O2/c13-8-1-3-9(4-2-8)18-11-7-15-6-5-10(11)12(14)16-17/h1-7,17H,(H2,14,16). The minimum atomic E-state index is -0.356. The van der Waals surface area contributed by atoms with Gasteiger partial charge in [-0.1, -0.05) is 5.16 Å². The molecule has 0 unspecified atom stereocenters. The second-order valence-corrected chi connectivity index (χ2v) is 3.41. The van der Waals surface area contributed by atoms with Crippen molar-refractivity contribution in [1.29, 1.82) is 0 Å². The van der Waals surface area contributed by atoms with Crippen LogP contribution in [0.15, 0.2) is 47.9 Å². The molecular formula is C12H10FN3O2. The first kappa shape index (κ1) is 11.8. The average molecular weight is 247 g/mol. The molecule has 0 fully saturated rings. The zero-order valence-electron chi connectivity index (χ0n) is 9.25. The molecule has 0 aliphatic carbocycles. The van der Waals surface area contributed by atoms with Gasteiger partial charge in [0.15, 0.2) is 11.6 Å². The van der Waals surface area contributed by atoms with Crippen molar-refractivity contribution >= 4 is 5.84 Å². The molecule has 0 saturated heterocycles. The maximum absolute atomic E-state index is 12.7. The molecule has 0 amide bonds. The van der Waals surface area contributed by atoms with Crippen LogP contribution < -0.4 is 10.5 Å². The minimum absolute atomic E-state index is 0.0884. The van der Waals surface area contributed by atoms with Crippen molar-refractivity contribution in [1.82, 2.24) is 4.98 Å². The molecule has 6 heteroatoms. The molecule has 0 aliphatic rings. The van der Waals surface area contributed by atoms with E-state index in [9.17, 15) is 4.39 Å². The molecule has 1 aromatic carbocycles. The normalized spacial score (nSPS) is 11.3. The number of rotatable bonds is 3. The molecule has 0 bridgehead atoms. The third kappa shape index (κ3) is 2.54. The molecule has 5 nitrogen and oxygen atoms in total. The number of amidine groups is 1. The minimum Gasteiger partial charge on any atom is -0.455 e. The van der Waals surface area contributed by atoms with Gasteiger partial charge in [0.25, 0.3) is 0 Å². The fraction of sp³-hybridized carbons (Fsp3) is 0. The molecule has 1 heterocycles. The Balaban J connectivity index is 2.32. The lowest BCUT2D eigenvalue weighted by atomic mass is 10.2. The molecule has 0 radical (unpaired) electrons. The summed E-state index contributed by atoms with van der Waals surface area (Å²) in [6.07, 6.45) is 2.92. The van der Waals surface area contributed by atoms with E-state index in [0.29, 0.717) is 17.1 Å². The van der Waals surface area contributed by atoms with Gasteiger partial charge >= 0.3 is 0 Å². The zero-order valence-corrected chi connectivity index (χ0v) is 9.25. The van der Waals surface area contributed by atoms with Gasteiger partial charge in [-0.2, -0.15) is 0 Å². The molecule has 2 rings (SSSR count). The zero-order chi connectivity index (χ0) is 13.0. The monoisotopic (exact) mass is 247 g/mol. The van der Waals surface area contributed by atoms with Gasteiger partial charge < -0.3 is 15.7 Å². The predicted molar refractivity (Wildman–Crippen MR) is 63.2 cm³/mol. The number of pyridine rings is 1. The van der Waals surface area contributed by atoms with E-state index >= 15 is 0 Å². The Hall–Kier alpha value is -2.63. The summed E-state index contributed by atoms with van der Waals surface area (Å²) in [6.45, 7) is 0. The Morgan fingerprint density at radius 3 is 2.67 bits per heavy atom. The molecule has 0 aliphatic heterocycles. The number of ether oxygens (including phenoxy) is 1. The van der Waals surface area contributed by atoms with Gasteiger partial charge in [-0.05, 0) is 30.3 Å². The first-order valence-electron chi connectivity index (χ1n) is 5.06. The largest absolute Gasteiger partial charge is 0.455 e. The molecular weight excluding hydrogens is 237 g/mol. The summed E-state index contributed by atoms with van der Waals surface area (Å²) in [5, 5.41) is 11.6. The molecule has 3 N–H and O–H groups in total. The van der Waals surface area contributed by atoms with Crippen LogP contribution in [0.25, 0.3) is 0 Å². The maximum atomic E-state index is 12.7. The Morgan fingerprint density at radius 1 is 1.28 bits per heavy atom. The highest BCUT2D eigenvalue weighted by Gasteiger charge is 2.09. The van der Waals surface area contributed by atoms with Crippen LogP contribution in [0.1, 0.15) is 5.56 Å². The lowest BCUT2D eigenvalue weighted by Crippen LogP contribution is -2.14. The second kappa shape index (κ2) is 5.13. The van der Waals surface area contributed by atoms with Gasteiger partial charge in [0.1, 0.15) is 11.6 Å². The Bertz CT molecular complexity index is 570. The number of hydrogen-bond acceptors (Lipinski definition) is 4. The van der Waals surface area contributed by atoms with Crippen molar-refractivity contribution < 1.29 is 14.3 Å². The number of hydrogen-bond donors (Lipinski definition) is 2. The van der Waals surface area contributed by atoms with Crippen LogP contribution in [0.5, 0.6) is 11.5 Å². The SMILES string of the molecule is N/C(=N/O)c1ccncc1Oc1ccc(F)cc1. The fourth-order valence-electron chi connectivity index (χ4n) is 1.36. The first-order valence-corrected chi connectivity index (χ1v) is 5.06. The van der Waals surface area contributed by atoms with Crippen molar-refractivity contribution in [2.24, 2.45) is 10.9 Å². The van der Waals surface area contributed by atoms with Crippen LogP contribution in [-0.4, -0.2) is 16.0 Å². The van der Waals surface area contributed by atoms with E-state index in [4.69, 9.17) is 15.7 Å². The van der Waals surface area contributed by atoms with E-state index in [1.165, 1.54) is 36.7 Å². The van der Waals surface area contributed by atoms with E-state index in [2.05, 4.69) is 10.1 Å². The van der Waals surface area contributed by atoms with E-state index in [-0.39, 0.29) is 11.7 Å². The summed E-state index contributed by atoms with van der Waals surface area (Å²) >= 11 is 0. The Kier molecular flexibility index (Phi) is 3.38. The number of halogens is 1. The van der Waals surface area contributed by atoms with E-state index < -0.39 is 0 Å². The molecule has 1 aromatic heterocycles. The number of aromatic nitrogens is 1. The molecule has 0 spiro atoms. The number of nitrogens with zero attached hydrogens (tertiary/aromatic N) is 2. The fourth-order valence-corrected chi connectivity index (χ4v) is 1.36. The van der Waals surface area contributed by atoms with Crippen molar-refractivity contribution in [3.8, 4) is 11.5 Å². The summed E-state index contributed by atoms with van der Waals surface area (Å²) in [5.74, 6) is 0.301. The van der Waals surface area contributed by atoms with E-state index in [1.807, 2.05) is 0 Å². The molecule has 92 valence electrons. The lowest BCUT2D eigenvalue weighted by molar-refractivity contribution is 0.318. The predicted octanol–water partition coefficient (Wildman–Crippen LogP) is 2.11. The van der Waals surface area contributed by atoms with Crippen LogP contribution in [0.3, 0.4) is 0 Å². The van der Waals surface area contributed by atoms with Crippen LogP contribution >= 0.6 is 0 Å². The molecule has 0 saturated carbocycles. The first-order chi connectivity index (χ1) is 8.70. The number of benzene rings is 1. The summed E-state index contributed by atoms with van der Waals surface area (Å²) in [4.78, 5) is 3.88. The second-order valence-electron chi connectivity index (χ2n) is 3.41. The maximum Gasteiger partial charge on any atom is 0.173 e. The van der Waals surface area contributed by atoms with Crippen molar-refractivity contribution in [3.05, 3.63) is 54.1 Å². The third-order valence-electron chi connectivity index (χ3n) is 2.21. The van der Waals surface area contributed by atoms with Crippen LogP contribution in [0.2, 0.25) is 0 Å².